The third kappa shape index (κ3) is 2.54. The number of ether oxygens (including phenoxy) is 1. The zero-order chi connectivity index (χ0) is 13.1. The third-order valence-electron chi connectivity index (χ3n) is 3.02. The van der Waals surface area contributed by atoms with E-state index >= 15 is 0 Å². The Morgan fingerprint density at radius 1 is 1.24 bits per heavy atom. The highest BCUT2D eigenvalue weighted by Gasteiger charge is 2.41. The van der Waals surface area contributed by atoms with Crippen molar-refractivity contribution in [1.29, 1.82) is 0 Å². The normalized spacial score (nSPS) is 13.9. The summed E-state index contributed by atoms with van der Waals surface area (Å²) >= 11 is 0. The molecule has 92 valence electrons. The van der Waals surface area contributed by atoms with Crippen molar-refractivity contribution < 1.29 is 14.3 Å². The van der Waals surface area contributed by atoms with E-state index in [1.807, 2.05) is 19.1 Å². The van der Waals surface area contributed by atoms with Crippen LogP contribution in [0.4, 0.5) is 0 Å². The van der Waals surface area contributed by atoms with E-state index < -0.39 is 11.4 Å². The Hall–Kier alpha value is -1.64. The van der Waals surface area contributed by atoms with Crippen molar-refractivity contribution in [3.63, 3.8) is 0 Å². The molecular formula is C14H18O3. The second kappa shape index (κ2) is 5.13. The fraction of sp³-hybridized carbons (Fsp3) is 0.429. The first-order chi connectivity index (χ1) is 7.92. The lowest BCUT2D eigenvalue weighted by Gasteiger charge is -2.24. The number of hydrogen-bond acceptors (Lipinski definition) is 3. The number of rotatable bonds is 4. The number of hydrogen-bond donors (Lipinski definition) is 0. The Labute approximate surface area is 102 Å². The summed E-state index contributed by atoms with van der Waals surface area (Å²) in [7, 11) is 0. The van der Waals surface area contributed by atoms with Crippen molar-refractivity contribution in [1.82, 2.24) is 0 Å². The van der Waals surface area contributed by atoms with E-state index in [9.17, 15) is 9.59 Å². The van der Waals surface area contributed by atoms with Crippen LogP contribution in [-0.2, 0) is 19.7 Å². The summed E-state index contributed by atoms with van der Waals surface area (Å²) in [5.41, 5.74) is 0.557. The Bertz CT molecular complexity index is 420. The molecule has 0 spiro atoms. The highest BCUT2D eigenvalue weighted by Crippen LogP contribution is 2.27. The van der Waals surface area contributed by atoms with Crippen LogP contribution in [0.3, 0.4) is 0 Å². The number of ketones is 1. The summed E-state index contributed by atoms with van der Waals surface area (Å²) < 4.78 is 4.99. The van der Waals surface area contributed by atoms with Gasteiger partial charge in [0, 0.05) is 0 Å². The van der Waals surface area contributed by atoms with Crippen LogP contribution in [0.25, 0.3) is 0 Å². The molecule has 0 amide bonds. The highest BCUT2D eigenvalue weighted by molar-refractivity contribution is 6.08. The molecule has 1 aromatic carbocycles. The molecule has 1 atom stereocenters. The lowest BCUT2D eigenvalue weighted by molar-refractivity contribution is -0.152. The van der Waals surface area contributed by atoms with Crippen molar-refractivity contribution in [3.05, 3.63) is 35.4 Å². The minimum Gasteiger partial charge on any atom is -0.465 e. The van der Waals surface area contributed by atoms with Gasteiger partial charge in [0.05, 0.1) is 6.61 Å². The van der Waals surface area contributed by atoms with Gasteiger partial charge in [-0.1, -0.05) is 29.8 Å². The Kier molecular flexibility index (Phi) is 4.05. The average Bonchev–Trinajstić information content (AvgIpc) is 2.29. The van der Waals surface area contributed by atoms with E-state index in [4.69, 9.17) is 4.74 Å². The molecule has 3 heteroatoms. The fourth-order valence-corrected chi connectivity index (χ4v) is 1.63. The van der Waals surface area contributed by atoms with Gasteiger partial charge in [0.2, 0.25) is 0 Å². The van der Waals surface area contributed by atoms with Gasteiger partial charge >= 0.3 is 5.97 Å². The van der Waals surface area contributed by atoms with Crippen LogP contribution in [0.1, 0.15) is 31.9 Å². The molecule has 0 aliphatic heterocycles. The first-order valence-corrected chi connectivity index (χ1v) is 5.68. The lowest BCUT2D eigenvalue weighted by atomic mass is 9.79. The quantitative estimate of drug-likeness (QED) is 0.593. The maximum Gasteiger partial charge on any atom is 0.323 e. The second-order valence-corrected chi connectivity index (χ2v) is 4.27. The van der Waals surface area contributed by atoms with Gasteiger partial charge < -0.3 is 4.74 Å². The fourth-order valence-electron chi connectivity index (χ4n) is 1.63. The van der Waals surface area contributed by atoms with E-state index in [-0.39, 0.29) is 12.4 Å². The van der Waals surface area contributed by atoms with Gasteiger partial charge in [-0.25, -0.2) is 0 Å². The predicted molar refractivity (Wildman–Crippen MR) is 65.8 cm³/mol. The SMILES string of the molecule is CCOC(=O)C(C)(C(C)=O)c1ccc(C)cc1. The van der Waals surface area contributed by atoms with Gasteiger partial charge in [-0.3, -0.25) is 9.59 Å². The van der Waals surface area contributed by atoms with E-state index in [0.29, 0.717) is 5.56 Å². The van der Waals surface area contributed by atoms with Gasteiger partial charge in [0.15, 0.2) is 5.78 Å². The van der Waals surface area contributed by atoms with Crippen LogP contribution in [0, 0.1) is 6.92 Å². The molecule has 0 saturated heterocycles. The number of carbonyl (C=O) groups excluding carboxylic acids is 2. The van der Waals surface area contributed by atoms with Crippen molar-refractivity contribution in [2.75, 3.05) is 6.61 Å². The topological polar surface area (TPSA) is 43.4 Å². The average molecular weight is 234 g/mol. The number of carbonyl (C=O) groups is 2. The first-order valence-electron chi connectivity index (χ1n) is 5.68. The van der Waals surface area contributed by atoms with Crippen molar-refractivity contribution in [2.45, 2.75) is 33.1 Å². The molecule has 0 fully saturated rings. The van der Waals surface area contributed by atoms with Crippen LogP contribution >= 0.6 is 0 Å². The summed E-state index contributed by atoms with van der Waals surface area (Å²) in [6.07, 6.45) is 0. The molecule has 0 heterocycles. The lowest BCUT2D eigenvalue weighted by Crippen LogP contribution is -2.41. The van der Waals surface area contributed by atoms with Crippen LogP contribution in [-0.4, -0.2) is 18.4 Å². The van der Waals surface area contributed by atoms with Gasteiger partial charge in [0.1, 0.15) is 5.41 Å². The molecule has 0 aliphatic carbocycles. The highest BCUT2D eigenvalue weighted by atomic mass is 16.5. The predicted octanol–water partition coefficient (Wildman–Crippen LogP) is 2.40. The third-order valence-corrected chi connectivity index (χ3v) is 3.02. The molecule has 0 aliphatic rings. The Balaban J connectivity index is 3.20. The summed E-state index contributed by atoms with van der Waals surface area (Å²) in [5.74, 6) is -0.698. The van der Waals surface area contributed by atoms with Crippen LogP contribution < -0.4 is 0 Å². The smallest absolute Gasteiger partial charge is 0.323 e. The number of Topliss-reactive ketones (excluding diaryl/α,β-unsaturated/α-hetero) is 1. The molecule has 1 aromatic rings. The minimum absolute atomic E-state index is 0.209. The molecule has 0 bridgehead atoms. The Morgan fingerprint density at radius 3 is 2.18 bits per heavy atom. The summed E-state index contributed by atoms with van der Waals surface area (Å²) in [5, 5.41) is 0. The molecule has 17 heavy (non-hydrogen) atoms. The van der Waals surface area contributed by atoms with E-state index in [0.717, 1.165) is 5.56 Å². The number of aryl methyl sites for hydroxylation is 1. The van der Waals surface area contributed by atoms with Gasteiger partial charge in [-0.2, -0.15) is 0 Å². The maximum absolute atomic E-state index is 11.9. The zero-order valence-electron chi connectivity index (χ0n) is 10.7. The molecule has 1 rings (SSSR count). The molecule has 0 radical (unpaired) electrons. The molecular weight excluding hydrogens is 216 g/mol. The van der Waals surface area contributed by atoms with Crippen molar-refractivity contribution in [2.24, 2.45) is 0 Å². The minimum atomic E-state index is -1.20. The molecule has 0 saturated carbocycles. The standard InChI is InChI=1S/C14H18O3/c1-5-17-13(16)14(4,11(3)15)12-8-6-10(2)7-9-12/h6-9H,5H2,1-4H3. The molecule has 0 N–H and O–H groups in total. The molecule has 3 nitrogen and oxygen atoms in total. The van der Waals surface area contributed by atoms with E-state index in [2.05, 4.69) is 0 Å². The van der Waals surface area contributed by atoms with Crippen LogP contribution in [0.5, 0.6) is 0 Å². The first kappa shape index (κ1) is 13.4. The second-order valence-electron chi connectivity index (χ2n) is 4.27. The van der Waals surface area contributed by atoms with E-state index in [1.54, 1.807) is 26.0 Å². The number of esters is 1. The van der Waals surface area contributed by atoms with Crippen molar-refractivity contribution >= 4 is 11.8 Å². The monoisotopic (exact) mass is 234 g/mol. The largest absolute Gasteiger partial charge is 0.465 e. The summed E-state index contributed by atoms with van der Waals surface area (Å²) in [4.78, 5) is 23.7. The summed E-state index contributed by atoms with van der Waals surface area (Å²) in [6, 6.07) is 7.37. The molecule has 1 unspecified atom stereocenters. The van der Waals surface area contributed by atoms with Gasteiger partial charge in [-0.15, -0.1) is 0 Å². The van der Waals surface area contributed by atoms with Crippen molar-refractivity contribution in [3.8, 4) is 0 Å². The number of benzene rings is 1. The summed E-state index contributed by atoms with van der Waals surface area (Å²) in [6.45, 7) is 6.98. The molecule has 0 aromatic heterocycles. The van der Waals surface area contributed by atoms with Gasteiger partial charge in [0.25, 0.3) is 0 Å². The van der Waals surface area contributed by atoms with Crippen LogP contribution in [0.15, 0.2) is 24.3 Å². The van der Waals surface area contributed by atoms with Gasteiger partial charge in [-0.05, 0) is 33.3 Å². The Morgan fingerprint density at radius 2 is 1.76 bits per heavy atom. The van der Waals surface area contributed by atoms with E-state index in [1.165, 1.54) is 6.92 Å². The maximum atomic E-state index is 11.9. The zero-order valence-corrected chi connectivity index (χ0v) is 10.7. The van der Waals surface area contributed by atoms with Crippen LogP contribution in [0.2, 0.25) is 0 Å².